The fraction of sp³-hybridized carbons (Fsp3) is 0.364. The maximum atomic E-state index is 12.0. The molecule has 0 spiro atoms. The highest BCUT2D eigenvalue weighted by Crippen LogP contribution is 2.27. The molecular weight excluding hydrogens is 300 g/mol. The first-order chi connectivity index (χ1) is 9.82. The number of sulfonamides is 1. The van der Waals surface area contributed by atoms with Gasteiger partial charge in [-0.2, -0.15) is 0 Å². The van der Waals surface area contributed by atoms with Gasteiger partial charge in [-0.1, -0.05) is 6.07 Å². The minimum Gasteiger partial charge on any atom is -0.382 e. The second kappa shape index (κ2) is 6.99. The van der Waals surface area contributed by atoms with E-state index in [0.29, 0.717) is 0 Å². The lowest BCUT2D eigenvalue weighted by Gasteiger charge is -2.10. The second-order valence-electron chi connectivity index (χ2n) is 3.99. The largest absolute Gasteiger partial charge is 0.382 e. The predicted octanol–water partition coefficient (Wildman–Crippen LogP) is -0.0845. The number of nitrogens with one attached hydrogen (secondary N) is 3. The Morgan fingerprint density at radius 3 is 2.52 bits per heavy atom. The molecule has 1 aromatic carbocycles. The molecule has 9 nitrogen and oxygen atoms in total. The zero-order chi connectivity index (χ0) is 16.0. The number of carbonyl (C=O) groups excluding carboxylic acids is 1. The second-order valence-corrected chi connectivity index (χ2v) is 6.03. The van der Waals surface area contributed by atoms with Crippen molar-refractivity contribution in [3.05, 3.63) is 33.9 Å². The molecule has 0 aliphatic rings. The molecule has 0 unspecified atom stereocenters. The third-order valence-electron chi connectivity index (χ3n) is 2.70. The van der Waals surface area contributed by atoms with Crippen LogP contribution in [-0.2, 0) is 10.0 Å². The van der Waals surface area contributed by atoms with Crippen LogP contribution in [0.25, 0.3) is 0 Å². The molecular formula is C11H16N4O5S. The number of nitro benzene ring substituents is 1. The number of hydrogen-bond acceptors (Lipinski definition) is 6. The first-order valence-electron chi connectivity index (χ1n) is 5.97. The Bertz CT molecular complexity index is 644. The zero-order valence-corrected chi connectivity index (χ0v) is 12.4. The van der Waals surface area contributed by atoms with Gasteiger partial charge in [0.2, 0.25) is 10.0 Å². The number of nitrogens with zero attached hydrogens (tertiary/aromatic N) is 1. The van der Waals surface area contributed by atoms with Crippen LogP contribution >= 0.6 is 0 Å². The molecule has 3 N–H and O–H groups in total. The van der Waals surface area contributed by atoms with Gasteiger partial charge in [0, 0.05) is 19.7 Å². The summed E-state index contributed by atoms with van der Waals surface area (Å²) >= 11 is 0. The summed E-state index contributed by atoms with van der Waals surface area (Å²) in [5.41, 5.74) is -0.0713. The van der Waals surface area contributed by atoms with Gasteiger partial charge < -0.3 is 10.6 Å². The molecule has 0 fully saturated rings. The Balaban J connectivity index is 2.88. The van der Waals surface area contributed by atoms with Crippen molar-refractivity contribution in [2.45, 2.75) is 0 Å². The summed E-state index contributed by atoms with van der Waals surface area (Å²) in [4.78, 5) is 22.3. The van der Waals surface area contributed by atoms with Gasteiger partial charge in [0.1, 0.15) is 5.69 Å². The normalized spacial score (nSPS) is 11.0. The molecule has 116 valence electrons. The summed E-state index contributed by atoms with van der Waals surface area (Å²) in [5.74, 6) is -0.867. The van der Waals surface area contributed by atoms with Crippen molar-refractivity contribution < 1.29 is 18.1 Å². The average Bonchev–Trinajstić information content (AvgIpc) is 2.45. The van der Waals surface area contributed by atoms with Gasteiger partial charge >= 0.3 is 0 Å². The summed E-state index contributed by atoms with van der Waals surface area (Å²) in [6.45, 7) is -0.103. The van der Waals surface area contributed by atoms with E-state index in [0.717, 1.165) is 0 Å². The van der Waals surface area contributed by atoms with E-state index in [4.69, 9.17) is 0 Å². The van der Waals surface area contributed by atoms with Gasteiger partial charge in [-0.15, -0.1) is 0 Å². The molecule has 10 heteroatoms. The van der Waals surface area contributed by atoms with Crippen molar-refractivity contribution in [2.24, 2.45) is 0 Å². The summed E-state index contributed by atoms with van der Waals surface area (Å²) in [7, 11) is -0.686. The van der Waals surface area contributed by atoms with Gasteiger partial charge in [-0.25, -0.2) is 13.1 Å². The van der Waals surface area contributed by atoms with Crippen LogP contribution in [0, 0.1) is 10.1 Å². The molecule has 0 aliphatic heterocycles. The Kier molecular flexibility index (Phi) is 5.61. The molecule has 0 atom stereocenters. The van der Waals surface area contributed by atoms with Crippen molar-refractivity contribution in [2.75, 3.05) is 31.7 Å². The van der Waals surface area contributed by atoms with Crippen LogP contribution in [0.15, 0.2) is 18.2 Å². The van der Waals surface area contributed by atoms with E-state index in [1.54, 1.807) is 0 Å². The van der Waals surface area contributed by atoms with E-state index in [9.17, 15) is 23.3 Å². The van der Waals surface area contributed by atoms with Crippen molar-refractivity contribution in [1.82, 2.24) is 10.0 Å². The van der Waals surface area contributed by atoms with E-state index in [-0.39, 0.29) is 29.2 Å². The lowest BCUT2D eigenvalue weighted by Crippen LogP contribution is -2.33. The number of nitro groups is 1. The number of para-hydroxylation sites is 1. The molecule has 0 saturated carbocycles. The first-order valence-corrected chi connectivity index (χ1v) is 7.62. The van der Waals surface area contributed by atoms with Crippen LogP contribution in [-0.4, -0.2) is 45.6 Å². The number of amides is 1. The van der Waals surface area contributed by atoms with Crippen LogP contribution < -0.4 is 15.4 Å². The van der Waals surface area contributed by atoms with Crippen LogP contribution in [0.3, 0.4) is 0 Å². The van der Waals surface area contributed by atoms with Crippen molar-refractivity contribution in [3.8, 4) is 0 Å². The maximum absolute atomic E-state index is 12.0. The summed E-state index contributed by atoms with van der Waals surface area (Å²) in [5, 5.41) is 15.9. The number of hydrogen-bond donors (Lipinski definition) is 3. The fourth-order valence-electron chi connectivity index (χ4n) is 1.64. The molecule has 0 aliphatic carbocycles. The van der Waals surface area contributed by atoms with Crippen molar-refractivity contribution in [3.63, 3.8) is 0 Å². The van der Waals surface area contributed by atoms with Crippen LogP contribution in [0.5, 0.6) is 0 Å². The zero-order valence-electron chi connectivity index (χ0n) is 11.5. The maximum Gasteiger partial charge on any atom is 0.293 e. The Morgan fingerprint density at radius 2 is 2.00 bits per heavy atom. The lowest BCUT2D eigenvalue weighted by molar-refractivity contribution is -0.384. The predicted molar refractivity (Wildman–Crippen MR) is 77.8 cm³/mol. The number of carbonyl (C=O) groups is 1. The van der Waals surface area contributed by atoms with Gasteiger partial charge in [-0.3, -0.25) is 14.9 Å². The molecule has 0 aromatic heterocycles. The van der Waals surface area contributed by atoms with E-state index < -0.39 is 20.9 Å². The van der Waals surface area contributed by atoms with Crippen LogP contribution in [0.4, 0.5) is 11.4 Å². The van der Waals surface area contributed by atoms with Gasteiger partial charge in [0.25, 0.3) is 11.6 Å². The molecule has 1 amide bonds. The highest BCUT2D eigenvalue weighted by Gasteiger charge is 2.20. The van der Waals surface area contributed by atoms with Gasteiger partial charge in [0.05, 0.1) is 16.2 Å². The summed E-state index contributed by atoms with van der Waals surface area (Å²) < 4.78 is 24.6. The molecule has 0 saturated heterocycles. The van der Waals surface area contributed by atoms with Crippen LogP contribution in [0.1, 0.15) is 10.4 Å². The number of anilines is 1. The van der Waals surface area contributed by atoms with Crippen molar-refractivity contribution >= 4 is 27.3 Å². The Hall–Kier alpha value is -2.20. The highest BCUT2D eigenvalue weighted by atomic mass is 32.2. The monoisotopic (exact) mass is 316 g/mol. The van der Waals surface area contributed by atoms with Gasteiger partial charge in [0.15, 0.2) is 0 Å². The molecule has 1 rings (SSSR count). The number of benzene rings is 1. The third kappa shape index (κ3) is 4.39. The third-order valence-corrected chi connectivity index (χ3v) is 4.06. The standard InChI is InChI=1S/C11H16N4O5S/c1-12-10-8(4-3-5-9(10)15(17)18)11(16)14-6-7-21(19,20)13-2/h3-5,12-13H,6-7H2,1-2H3,(H,14,16). The summed E-state index contributed by atoms with van der Waals surface area (Å²) in [6.07, 6.45) is 0. The minimum atomic E-state index is -3.42. The molecule has 0 bridgehead atoms. The Morgan fingerprint density at radius 1 is 1.33 bits per heavy atom. The molecule has 21 heavy (non-hydrogen) atoms. The quantitative estimate of drug-likeness (QED) is 0.476. The van der Waals surface area contributed by atoms with E-state index in [1.165, 1.54) is 32.3 Å². The minimum absolute atomic E-state index is 0.0774. The Labute approximate surface area is 121 Å². The first kappa shape index (κ1) is 16.9. The van der Waals surface area contributed by atoms with Crippen LogP contribution in [0.2, 0.25) is 0 Å². The SMILES string of the molecule is CNc1c(C(=O)NCCS(=O)(=O)NC)cccc1[N+](=O)[O-]. The fourth-order valence-corrected chi connectivity index (χ4v) is 2.22. The molecule has 0 radical (unpaired) electrons. The smallest absolute Gasteiger partial charge is 0.293 e. The summed E-state index contributed by atoms with van der Waals surface area (Å²) in [6, 6.07) is 4.08. The van der Waals surface area contributed by atoms with Crippen molar-refractivity contribution in [1.29, 1.82) is 0 Å². The highest BCUT2D eigenvalue weighted by molar-refractivity contribution is 7.89. The topological polar surface area (TPSA) is 130 Å². The van der Waals surface area contributed by atoms with E-state index in [2.05, 4.69) is 15.4 Å². The molecule has 1 aromatic rings. The lowest BCUT2D eigenvalue weighted by atomic mass is 10.1. The van der Waals surface area contributed by atoms with E-state index >= 15 is 0 Å². The number of rotatable bonds is 7. The average molecular weight is 316 g/mol. The van der Waals surface area contributed by atoms with E-state index in [1.807, 2.05) is 0 Å². The van der Waals surface area contributed by atoms with Gasteiger partial charge in [-0.05, 0) is 13.1 Å². The molecule has 0 heterocycles.